The van der Waals surface area contributed by atoms with Crippen molar-refractivity contribution in [3.8, 4) is 5.75 Å². The maximum absolute atomic E-state index is 12.6. The van der Waals surface area contributed by atoms with Crippen molar-refractivity contribution < 1.29 is 23.1 Å². The van der Waals surface area contributed by atoms with E-state index in [2.05, 4.69) is 20.6 Å². The molecule has 0 spiro atoms. The Hall–Kier alpha value is -3.11. The minimum absolute atomic E-state index is 0.0539. The number of carbonyl (C=O) groups excluding carboxylic acids is 2. The van der Waals surface area contributed by atoms with Crippen molar-refractivity contribution in [2.24, 2.45) is 10.9 Å². The normalized spacial score (nSPS) is 16.6. The van der Waals surface area contributed by atoms with Crippen molar-refractivity contribution in [3.05, 3.63) is 58.6 Å². The Morgan fingerprint density at radius 2 is 1.83 bits per heavy atom. The number of phenols is 1. The molecule has 0 saturated carbocycles. The second-order valence-electron chi connectivity index (χ2n) is 6.87. The van der Waals surface area contributed by atoms with Crippen LogP contribution in [0.5, 0.6) is 5.75 Å². The standard InChI is InChI=1S/C19H19ClN4O5S/c1-10(2)16(21-17-12-5-3-4-6-15(12)30(28,29)24-17)19(27)23-22-18(26)13-9-11(20)7-8-14(13)25/h3-10,16,25H,1-2H3,(H,21,24)(H,22,26)(H,23,27)/t16-/m0/s1. The van der Waals surface area contributed by atoms with Crippen LogP contribution in [0, 0.1) is 5.92 Å². The number of halogens is 1. The minimum Gasteiger partial charge on any atom is -0.507 e. The van der Waals surface area contributed by atoms with Gasteiger partial charge in [-0.05, 0) is 36.2 Å². The van der Waals surface area contributed by atoms with Crippen molar-refractivity contribution in [1.82, 2.24) is 15.6 Å². The number of carbonyl (C=O) groups is 2. The maximum atomic E-state index is 12.6. The number of hydrazine groups is 1. The molecule has 1 aliphatic rings. The molecular weight excluding hydrogens is 432 g/mol. The maximum Gasteiger partial charge on any atom is 0.273 e. The zero-order valence-electron chi connectivity index (χ0n) is 16.0. The molecule has 0 aliphatic carbocycles. The van der Waals surface area contributed by atoms with Gasteiger partial charge in [0.05, 0.1) is 10.5 Å². The molecule has 2 aromatic carbocycles. The summed E-state index contributed by atoms with van der Waals surface area (Å²) in [7, 11) is -3.74. The molecule has 30 heavy (non-hydrogen) atoms. The van der Waals surface area contributed by atoms with Gasteiger partial charge in [-0.25, -0.2) is 8.42 Å². The molecule has 3 rings (SSSR count). The number of phenolic OH excluding ortho intramolecular Hbond substituents is 1. The number of benzene rings is 2. The highest BCUT2D eigenvalue weighted by molar-refractivity contribution is 7.90. The Kier molecular flexibility index (Phi) is 5.99. The fourth-order valence-corrected chi connectivity index (χ4v) is 4.24. The Morgan fingerprint density at radius 3 is 2.53 bits per heavy atom. The number of nitrogens with zero attached hydrogens (tertiary/aromatic N) is 1. The Labute approximate surface area is 178 Å². The third-order valence-electron chi connectivity index (χ3n) is 4.33. The molecule has 0 bridgehead atoms. The lowest BCUT2D eigenvalue weighted by atomic mass is 10.0. The first-order chi connectivity index (χ1) is 14.1. The molecule has 1 heterocycles. The number of aliphatic imine (C=N–C) groups is 1. The van der Waals surface area contributed by atoms with Gasteiger partial charge in [-0.1, -0.05) is 37.6 Å². The monoisotopic (exact) mass is 450 g/mol. The number of aromatic hydroxyl groups is 1. The van der Waals surface area contributed by atoms with E-state index in [0.717, 1.165) is 0 Å². The van der Waals surface area contributed by atoms with E-state index in [1.165, 1.54) is 24.3 Å². The lowest BCUT2D eigenvalue weighted by Gasteiger charge is -2.18. The third kappa shape index (κ3) is 4.39. The first kappa shape index (κ1) is 21.6. The number of amidine groups is 1. The smallest absolute Gasteiger partial charge is 0.273 e. The molecule has 0 radical (unpaired) electrons. The summed E-state index contributed by atoms with van der Waals surface area (Å²) in [6.07, 6.45) is 0. The first-order valence-electron chi connectivity index (χ1n) is 8.89. The number of fused-ring (bicyclic) bond motifs is 1. The van der Waals surface area contributed by atoms with Crippen LogP contribution in [0.4, 0.5) is 0 Å². The number of sulfonamides is 1. The van der Waals surface area contributed by atoms with Crippen molar-refractivity contribution >= 4 is 39.3 Å². The van der Waals surface area contributed by atoms with Crippen molar-refractivity contribution in [1.29, 1.82) is 0 Å². The molecule has 2 aromatic rings. The minimum atomic E-state index is -3.74. The molecular formula is C19H19ClN4O5S. The highest BCUT2D eigenvalue weighted by Gasteiger charge is 2.32. The second-order valence-corrected chi connectivity index (χ2v) is 8.96. The number of rotatable bonds is 4. The van der Waals surface area contributed by atoms with Crippen LogP contribution in [0.2, 0.25) is 5.02 Å². The van der Waals surface area contributed by atoms with Gasteiger partial charge >= 0.3 is 0 Å². The van der Waals surface area contributed by atoms with Gasteiger partial charge < -0.3 is 5.11 Å². The zero-order valence-corrected chi connectivity index (χ0v) is 17.6. The molecule has 0 saturated heterocycles. The van der Waals surface area contributed by atoms with E-state index >= 15 is 0 Å². The van der Waals surface area contributed by atoms with Crippen LogP contribution >= 0.6 is 11.6 Å². The predicted octanol–water partition coefficient (Wildman–Crippen LogP) is 1.57. The van der Waals surface area contributed by atoms with Gasteiger partial charge in [0.15, 0.2) is 0 Å². The molecule has 0 unspecified atom stereocenters. The van der Waals surface area contributed by atoms with E-state index < -0.39 is 27.9 Å². The summed E-state index contributed by atoms with van der Waals surface area (Å²) in [4.78, 5) is 29.2. The molecule has 11 heteroatoms. The van der Waals surface area contributed by atoms with Gasteiger partial charge in [0.2, 0.25) is 0 Å². The average Bonchev–Trinajstić information content (AvgIpc) is 2.96. The summed E-state index contributed by atoms with van der Waals surface area (Å²) in [6, 6.07) is 9.22. The van der Waals surface area contributed by atoms with Crippen molar-refractivity contribution in [2.75, 3.05) is 0 Å². The van der Waals surface area contributed by atoms with E-state index in [1.54, 1.807) is 32.0 Å². The molecule has 0 aromatic heterocycles. The van der Waals surface area contributed by atoms with Gasteiger partial charge in [-0.15, -0.1) is 0 Å². The summed E-state index contributed by atoms with van der Waals surface area (Å²) in [6.45, 7) is 3.46. The van der Waals surface area contributed by atoms with E-state index in [0.29, 0.717) is 5.56 Å². The number of nitrogens with one attached hydrogen (secondary N) is 3. The number of hydrogen-bond acceptors (Lipinski definition) is 6. The van der Waals surface area contributed by atoms with E-state index in [4.69, 9.17) is 11.6 Å². The Balaban J connectivity index is 1.79. The van der Waals surface area contributed by atoms with Crippen LogP contribution in [0.25, 0.3) is 0 Å². The summed E-state index contributed by atoms with van der Waals surface area (Å²) in [5.74, 6) is -1.99. The summed E-state index contributed by atoms with van der Waals surface area (Å²) in [5.41, 5.74) is 4.69. The second kappa shape index (κ2) is 8.33. The topological polar surface area (TPSA) is 137 Å². The van der Waals surface area contributed by atoms with Gasteiger partial charge in [0.1, 0.15) is 17.6 Å². The predicted molar refractivity (Wildman–Crippen MR) is 111 cm³/mol. The van der Waals surface area contributed by atoms with Crippen LogP contribution in [0.3, 0.4) is 0 Å². The van der Waals surface area contributed by atoms with Gasteiger partial charge in [-0.3, -0.25) is 30.2 Å². The van der Waals surface area contributed by atoms with Crippen LogP contribution in [0.15, 0.2) is 52.4 Å². The van der Waals surface area contributed by atoms with Crippen LogP contribution in [-0.4, -0.2) is 37.2 Å². The van der Waals surface area contributed by atoms with Gasteiger partial charge in [-0.2, -0.15) is 0 Å². The summed E-state index contributed by atoms with van der Waals surface area (Å²) < 4.78 is 26.8. The highest BCUT2D eigenvalue weighted by Crippen LogP contribution is 2.24. The van der Waals surface area contributed by atoms with Crippen LogP contribution in [0.1, 0.15) is 29.8 Å². The molecule has 2 amide bonds. The SMILES string of the molecule is CC(C)[C@H](N=C1NS(=O)(=O)c2ccccc21)C(=O)NNC(=O)c1cc(Cl)ccc1O. The average molecular weight is 451 g/mol. The molecule has 4 N–H and O–H groups in total. The van der Waals surface area contributed by atoms with E-state index in [9.17, 15) is 23.1 Å². The molecule has 1 atom stereocenters. The lowest BCUT2D eigenvalue weighted by molar-refractivity contribution is -0.123. The zero-order chi connectivity index (χ0) is 22.1. The summed E-state index contributed by atoms with van der Waals surface area (Å²) in [5, 5.41) is 10.0. The third-order valence-corrected chi connectivity index (χ3v) is 5.97. The van der Waals surface area contributed by atoms with Crippen LogP contribution in [-0.2, 0) is 14.8 Å². The summed E-state index contributed by atoms with van der Waals surface area (Å²) >= 11 is 5.82. The molecule has 0 fully saturated rings. The Morgan fingerprint density at radius 1 is 1.13 bits per heavy atom. The van der Waals surface area contributed by atoms with Gasteiger partial charge in [0.25, 0.3) is 21.8 Å². The Bertz CT molecular complexity index is 1150. The largest absolute Gasteiger partial charge is 0.507 e. The van der Waals surface area contributed by atoms with Crippen LogP contribution < -0.4 is 15.6 Å². The van der Waals surface area contributed by atoms with Crippen molar-refractivity contribution in [2.45, 2.75) is 24.8 Å². The molecule has 9 nitrogen and oxygen atoms in total. The molecule has 158 valence electrons. The highest BCUT2D eigenvalue weighted by atomic mass is 35.5. The number of hydrogen-bond donors (Lipinski definition) is 4. The number of amides is 2. The lowest BCUT2D eigenvalue weighted by Crippen LogP contribution is -2.47. The fourth-order valence-electron chi connectivity index (χ4n) is 2.83. The van der Waals surface area contributed by atoms with Crippen molar-refractivity contribution in [3.63, 3.8) is 0 Å². The fraction of sp³-hybridized carbons (Fsp3) is 0.211. The van der Waals surface area contributed by atoms with E-state index in [1.807, 2.05) is 0 Å². The van der Waals surface area contributed by atoms with Gasteiger partial charge in [0, 0.05) is 10.6 Å². The first-order valence-corrected chi connectivity index (χ1v) is 10.7. The van der Waals surface area contributed by atoms with E-state index in [-0.39, 0.29) is 33.0 Å². The molecule has 1 aliphatic heterocycles. The quantitative estimate of drug-likeness (QED) is 0.524.